The van der Waals surface area contributed by atoms with Gasteiger partial charge in [-0.05, 0) is 22.6 Å². The number of hydrogen-bond donors (Lipinski definition) is 1. The number of halogens is 2. The fourth-order valence-electron chi connectivity index (χ4n) is 0.0958. The van der Waals surface area contributed by atoms with E-state index in [0.29, 0.717) is 0 Å². The van der Waals surface area contributed by atoms with Crippen LogP contribution >= 0.6 is 56.0 Å². The zero-order valence-corrected chi connectivity index (χ0v) is 9.34. The Morgan fingerprint density at radius 3 is 2.00 bits per heavy atom. The van der Waals surface area contributed by atoms with Crippen LogP contribution in [-0.4, -0.2) is 11.4 Å². The van der Waals surface area contributed by atoms with Crippen LogP contribution < -0.4 is 4.72 Å². The quantitative estimate of drug-likeness (QED) is 0.321. The molecule has 0 aromatic carbocycles. The Hall–Kier alpha value is 1.30. The van der Waals surface area contributed by atoms with E-state index in [9.17, 15) is 8.42 Å². The Bertz CT molecular complexity index is 184. The van der Waals surface area contributed by atoms with Crippen molar-refractivity contribution >= 4 is 66.2 Å². The van der Waals surface area contributed by atoms with E-state index in [1.807, 2.05) is 0 Å². The molecule has 0 atom stereocenters. The molecule has 48 valence electrons. The van der Waals surface area contributed by atoms with E-state index in [1.165, 1.54) is 21.2 Å². The van der Waals surface area contributed by atoms with Gasteiger partial charge < -0.3 is 0 Å². The highest BCUT2D eigenvalue weighted by Gasteiger charge is 2.00. The fourth-order valence-corrected chi connectivity index (χ4v) is 3.86. The van der Waals surface area contributed by atoms with E-state index < -0.39 is 7.19 Å². The molecule has 0 aromatic rings. The maximum absolute atomic E-state index is 10.2. The van der Waals surface area contributed by atoms with E-state index in [4.69, 9.17) is 0 Å². The van der Waals surface area contributed by atoms with Gasteiger partial charge >= 0.3 is 0 Å². The monoisotopic (exact) mass is 377 g/mol. The van der Waals surface area contributed by atoms with Crippen molar-refractivity contribution in [1.29, 1.82) is 0 Å². The first kappa shape index (κ1) is 9.30. The Morgan fingerprint density at radius 1 is 1.62 bits per heavy atom. The van der Waals surface area contributed by atoms with Crippen molar-refractivity contribution in [3.63, 3.8) is 0 Å². The minimum absolute atomic E-state index is 0.233. The lowest BCUT2D eigenvalue weighted by Crippen LogP contribution is -2.18. The molecule has 0 unspecified atom stereocenters. The summed E-state index contributed by atoms with van der Waals surface area (Å²) in [6.45, 7) is 0. The lowest BCUT2D eigenvalue weighted by atomic mass is 11.6. The molecule has 3 nitrogen and oxygen atoms in total. The summed E-state index contributed by atoms with van der Waals surface area (Å²) in [5.41, 5.74) is 0. The topological polar surface area (TPSA) is 46.2 Å². The number of thiocarbonyl (C=S) groups is 1. The van der Waals surface area contributed by atoms with Crippen LogP contribution in [0.3, 0.4) is 0 Å². The van der Waals surface area contributed by atoms with Gasteiger partial charge in [-0.25, -0.2) is 0 Å². The normalized spacial score (nSPS) is 10.8. The van der Waals surface area contributed by atoms with Crippen LogP contribution in [0.25, 0.3) is 0 Å². The van der Waals surface area contributed by atoms with Gasteiger partial charge in [0.15, 0.2) is 3.00 Å². The average molecular weight is 377 g/mol. The van der Waals surface area contributed by atoms with Crippen molar-refractivity contribution < 1.29 is 8.42 Å². The molecule has 0 saturated carbocycles. The van der Waals surface area contributed by atoms with Gasteiger partial charge in [0.05, 0.1) is 21.2 Å². The van der Waals surface area contributed by atoms with Crippen LogP contribution in [0.2, 0.25) is 0 Å². The molecule has 0 aliphatic carbocycles. The molecule has 0 aliphatic heterocycles. The molecule has 7 heteroatoms. The van der Waals surface area contributed by atoms with Gasteiger partial charge in [-0.15, -0.1) is 0 Å². The van der Waals surface area contributed by atoms with Crippen LogP contribution in [-0.2, 0) is 7.19 Å². The van der Waals surface area contributed by atoms with E-state index in [2.05, 4.69) is 16.9 Å². The largest absolute Gasteiger partial charge is 0.287 e. The first-order chi connectivity index (χ1) is 3.42. The zero-order chi connectivity index (χ0) is 6.78. The molecule has 0 heterocycles. The third-order valence-corrected chi connectivity index (χ3v) is 2.18. The maximum Gasteiger partial charge on any atom is 0.287 e. The molecule has 0 rings (SSSR count). The third-order valence-electron chi connectivity index (χ3n) is 0.202. The van der Waals surface area contributed by atoms with E-state index in [-0.39, 0.29) is 3.00 Å². The molecule has 0 aliphatic rings. The van der Waals surface area contributed by atoms with Gasteiger partial charge in [-0.2, -0.15) is 8.42 Å². The molecule has 0 spiro atoms. The minimum atomic E-state index is -3.15. The van der Waals surface area contributed by atoms with Gasteiger partial charge in [0.25, 0.3) is 7.19 Å². The summed E-state index contributed by atoms with van der Waals surface area (Å²) >= 11 is 7.40. The Labute approximate surface area is 78.4 Å². The predicted molar refractivity (Wildman–Crippen MR) is 52.7 cm³/mol. The van der Waals surface area contributed by atoms with Crippen molar-refractivity contribution in [2.45, 2.75) is 0 Å². The molecule has 1 N–H and O–H groups in total. The molecule has 0 fully saturated rings. The second kappa shape index (κ2) is 3.46. The highest BCUT2D eigenvalue weighted by molar-refractivity contribution is 14.2. The summed E-state index contributed by atoms with van der Waals surface area (Å²) in [5, 5.41) is 0. The van der Waals surface area contributed by atoms with Gasteiger partial charge in [-0.3, -0.25) is 4.72 Å². The smallest absolute Gasteiger partial charge is 0.261 e. The Morgan fingerprint density at radius 2 is 2.00 bits per heavy atom. The lowest BCUT2D eigenvalue weighted by molar-refractivity contribution is 0.610. The van der Waals surface area contributed by atoms with Crippen LogP contribution in [0, 0.1) is 0 Å². The first-order valence-electron chi connectivity index (χ1n) is 1.33. The van der Waals surface area contributed by atoms with Crippen molar-refractivity contribution in [2.75, 3.05) is 0 Å². The van der Waals surface area contributed by atoms with Crippen molar-refractivity contribution in [1.82, 2.24) is 4.72 Å². The van der Waals surface area contributed by atoms with Gasteiger partial charge in [0, 0.05) is 0 Å². The SMILES string of the molecule is O=S(=O)(I)NC(=S)I. The fraction of sp³-hybridized carbons (Fsp3) is 0. The predicted octanol–water partition coefficient (Wildman–Crippen LogP) is 0.976. The summed E-state index contributed by atoms with van der Waals surface area (Å²) in [6, 6.07) is 0. The highest BCUT2D eigenvalue weighted by Crippen LogP contribution is 1.97. The maximum atomic E-state index is 10.2. The molecule has 0 saturated heterocycles. The summed E-state index contributed by atoms with van der Waals surface area (Å²) in [7, 11) is -3.15. The summed E-state index contributed by atoms with van der Waals surface area (Å²) < 4.78 is 22.7. The van der Waals surface area contributed by atoms with Crippen molar-refractivity contribution in [3.8, 4) is 0 Å². The number of nitrogens with one attached hydrogen (secondary N) is 1. The molecular formula is CHI2NO2S2. The van der Waals surface area contributed by atoms with E-state index in [0.717, 1.165) is 0 Å². The number of rotatable bonds is 1. The molecule has 0 radical (unpaired) electrons. The van der Waals surface area contributed by atoms with E-state index in [1.54, 1.807) is 22.6 Å². The standard InChI is InChI=1S/CHI2NO2S2/c2-1(7)4-8(3,5)6/h(H,4,7). The van der Waals surface area contributed by atoms with Crippen LogP contribution in [0.5, 0.6) is 0 Å². The lowest BCUT2D eigenvalue weighted by Gasteiger charge is -1.92. The van der Waals surface area contributed by atoms with Crippen LogP contribution in [0.15, 0.2) is 0 Å². The molecular weight excluding hydrogens is 376 g/mol. The minimum Gasteiger partial charge on any atom is -0.261 e. The first-order valence-corrected chi connectivity index (χ1v) is 6.85. The zero-order valence-electron chi connectivity index (χ0n) is 3.39. The third kappa shape index (κ3) is 7.30. The summed E-state index contributed by atoms with van der Waals surface area (Å²) in [5.74, 6) is 0. The summed E-state index contributed by atoms with van der Waals surface area (Å²) in [6.07, 6.45) is 0. The summed E-state index contributed by atoms with van der Waals surface area (Å²) in [4.78, 5) is 0. The van der Waals surface area contributed by atoms with Crippen LogP contribution in [0.1, 0.15) is 0 Å². The van der Waals surface area contributed by atoms with E-state index >= 15 is 0 Å². The van der Waals surface area contributed by atoms with Crippen LogP contribution in [0.4, 0.5) is 0 Å². The van der Waals surface area contributed by atoms with Gasteiger partial charge in [0.1, 0.15) is 0 Å². The highest BCUT2D eigenvalue weighted by atomic mass is 127. The number of hydrogen-bond acceptors (Lipinski definition) is 3. The second-order valence-corrected chi connectivity index (χ2v) is 7.59. The Kier molecular flexibility index (Phi) is 4.03. The average Bonchev–Trinajstić information content (AvgIpc) is 1.21. The second-order valence-electron chi connectivity index (χ2n) is 0.814. The Balaban J connectivity index is 3.95. The van der Waals surface area contributed by atoms with Gasteiger partial charge in [0.2, 0.25) is 0 Å². The molecule has 0 bridgehead atoms. The van der Waals surface area contributed by atoms with Gasteiger partial charge in [-0.1, -0.05) is 12.2 Å². The molecule has 0 amide bonds. The van der Waals surface area contributed by atoms with Crippen molar-refractivity contribution in [3.05, 3.63) is 0 Å². The molecule has 8 heavy (non-hydrogen) atoms. The molecule has 0 aromatic heterocycles. The van der Waals surface area contributed by atoms with Crippen molar-refractivity contribution in [2.24, 2.45) is 0 Å².